The largest absolute Gasteiger partial charge is 0.379 e. The molecule has 0 aromatic heterocycles. The Kier molecular flexibility index (Phi) is 2.88. The van der Waals surface area contributed by atoms with E-state index in [-0.39, 0.29) is 21.9 Å². The number of anilines is 2. The number of carbonyl (C=O) groups is 1. The van der Waals surface area contributed by atoms with Crippen LogP contribution < -0.4 is 10.6 Å². The van der Waals surface area contributed by atoms with Crippen LogP contribution in [0.25, 0.3) is 0 Å². The van der Waals surface area contributed by atoms with Gasteiger partial charge in [-0.05, 0) is 36.3 Å². The second-order valence-electron chi connectivity index (χ2n) is 6.00. The maximum atomic E-state index is 11.4. The Labute approximate surface area is 116 Å². The van der Waals surface area contributed by atoms with Crippen molar-refractivity contribution in [1.82, 2.24) is 0 Å². The lowest BCUT2D eigenvalue weighted by molar-refractivity contribution is -0.384. The van der Waals surface area contributed by atoms with Crippen LogP contribution in [0.15, 0.2) is 12.1 Å². The third-order valence-corrected chi connectivity index (χ3v) is 4.12. The minimum atomic E-state index is -0.367. The lowest BCUT2D eigenvalue weighted by Gasteiger charge is -2.19. The smallest absolute Gasteiger partial charge is 0.292 e. The fourth-order valence-corrected chi connectivity index (χ4v) is 2.41. The second kappa shape index (κ2) is 4.47. The summed E-state index contributed by atoms with van der Waals surface area (Å²) in [6.45, 7) is 2.88. The molecule has 0 spiro atoms. The number of nitrogens with one attached hydrogen (secondary N) is 2. The summed E-state index contributed by atoms with van der Waals surface area (Å²) in [5.41, 5.74) is 2.36. The number of fused-ring (bicyclic) bond motifs is 1. The SMILES string of the molecule is CC1(CNc2cc3c(cc2[N+](=O)[O-])CCC(=O)N3)CC1. The molecule has 1 aromatic rings. The molecule has 0 saturated heterocycles. The maximum absolute atomic E-state index is 11.4. The second-order valence-corrected chi connectivity index (χ2v) is 6.00. The molecule has 1 aromatic carbocycles. The first-order chi connectivity index (χ1) is 9.47. The van der Waals surface area contributed by atoms with E-state index in [9.17, 15) is 14.9 Å². The van der Waals surface area contributed by atoms with Crippen molar-refractivity contribution >= 4 is 23.0 Å². The van der Waals surface area contributed by atoms with Crippen LogP contribution in [0.4, 0.5) is 17.1 Å². The monoisotopic (exact) mass is 275 g/mol. The number of carbonyl (C=O) groups excluding carboxylic acids is 1. The number of aryl methyl sites for hydroxylation is 1. The summed E-state index contributed by atoms with van der Waals surface area (Å²) in [5, 5.41) is 17.1. The first kappa shape index (κ1) is 12.9. The van der Waals surface area contributed by atoms with Gasteiger partial charge in [-0.2, -0.15) is 0 Å². The predicted molar refractivity (Wildman–Crippen MR) is 75.9 cm³/mol. The maximum Gasteiger partial charge on any atom is 0.292 e. The van der Waals surface area contributed by atoms with Gasteiger partial charge in [0.1, 0.15) is 5.69 Å². The van der Waals surface area contributed by atoms with Crippen LogP contribution in [0.5, 0.6) is 0 Å². The van der Waals surface area contributed by atoms with E-state index in [1.165, 1.54) is 0 Å². The van der Waals surface area contributed by atoms with E-state index in [0.29, 0.717) is 24.2 Å². The molecule has 1 amide bonds. The Hall–Kier alpha value is -2.11. The Morgan fingerprint density at radius 2 is 2.15 bits per heavy atom. The summed E-state index contributed by atoms with van der Waals surface area (Å²) < 4.78 is 0. The van der Waals surface area contributed by atoms with Crippen molar-refractivity contribution in [3.63, 3.8) is 0 Å². The number of benzene rings is 1. The highest BCUT2D eigenvalue weighted by Crippen LogP contribution is 2.45. The van der Waals surface area contributed by atoms with Gasteiger partial charge in [0.05, 0.1) is 4.92 Å². The first-order valence-electron chi connectivity index (χ1n) is 6.82. The molecule has 3 rings (SSSR count). The average Bonchev–Trinajstić information content (AvgIpc) is 3.13. The summed E-state index contributed by atoms with van der Waals surface area (Å²) in [6, 6.07) is 3.27. The van der Waals surface area contributed by atoms with E-state index >= 15 is 0 Å². The van der Waals surface area contributed by atoms with Crippen molar-refractivity contribution in [2.45, 2.75) is 32.6 Å². The number of amides is 1. The van der Waals surface area contributed by atoms with Crippen LogP contribution in [0, 0.1) is 15.5 Å². The van der Waals surface area contributed by atoms with Crippen LogP contribution in [0.1, 0.15) is 31.7 Å². The molecule has 106 valence electrons. The van der Waals surface area contributed by atoms with Gasteiger partial charge in [-0.25, -0.2) is 0 Å². The van der Waals surface area contributed by atoms with Crippen molar-refractivity contribution in [2.75, 3.05) is 17.2 Å². The quantitative estimate of drug-likeness (QED) is 0.653. The summed E-state index contributed by atoms with van der Waals surface area (Å²) in [7, 11) is 0. The van der Waals surface area contributed by atoms with Gasteiger partial charge >= 0.3 is 0 Å². The van der Waals surface area contributed by atoms with E-state index in [0.717, 1.165) is 24.9 Å². The van der Waals surface area contributed by atoms with E-state index in [4.69, 9.17) is 0 Å². The molecule has 1 fully saturated rings. The standard InChI is InChI=1S/C14H17N3O3/c1-14(4-5-14)8-15-11-7-10-9(2-3-13(18)16-10)6-12(11)17(19)20/h6-7,15H,2-5,8H2,1H3,(H,16,18). The summed E-state index contributed by atoms with van der Waals surface area (Å²) >= 11 is 0. The van der Waals surface area contributed by atoms with Gasteiger partial charge in [0.25, 0.3) is 5.69 Å². The van der Waals surface area contributed by atoms with Crippen molar-refractivity contribution in [1.29, 1.82) is 0 Å². The van der Waals surface area contributed by atoms with E-state index in [1.54, 1.807) is 12.1 Å². The Balaban J connectivity index is 1.91. The molecule has 1 aliphatic heterocycles. The topological polar surface area (TPSA) is 84.3 Å². The molecule has 0 radical (unpaired) electrons. The molecule has 0 unspecified atom stereocenters. The number of hydrogen-bond donors (Lipinski definition) is 2. The lowest BCUT2D eigenvalue weighted by Crippen LogP contribution is -2.20. The molecule has 6 heteroatoms. The van der Waals surface area contributed by atoms with Crippen LogP contribution in [-0.2, 0) is 11.2 Å². The lowest BCUT2D eigenvalue weighted by atomic mass is 10.0. The zero-order valence-electron chi connectivity index (χ0n) is 11.4. The van der Waals surface area contributed by atoms with Gasteiger partial charge in [0.15, 0.2) is 0 Å². The number of hydrogen-bond acceptors (Lipinski definition) is 4. The van der Waals surface area contributed by atoms with Crippen molar-refractivity contribution in [2.24, 2.45) is 5.41 Å². The molecule has 6 nitrogen and oxygen atoms in total. The summed E-state index contributed by atoms with van der Waals surface area (Å²) in [4.78, 5) is 22.2. The number of nitro benzene ring substituents is 1. The van der Waals surface area contributed by atoms with Crippen LogP contribution in [-0.4, -0.2) is 17.4 Å². The average molecular weight is 275 g/mol. The van der Waals surface area contributed by atoms with Crippen LogP contribution >= 0.6 is 0 Å². The van der Waals surface area contributed by atoms with Gasteiger partial charge in [-0.3, -0.25) is 14.9 Å². The van der Waals surface area contributed by atoms with Gasteiger partial charge in [0, 0.05) is 24.7 Å². The zero-order chi connectivity index (χ0) is 14.3. The summed E-state index contributed by atoms with van der Waals surface area (Å²) in [6.07, 6.45) is 3.24. The molecule has 20 heavy (non-hydrogen) atoms. The third kappa shape index (κ3) is 2.45. The van der Waals surface area contributed by atoms with Gasteiger partial charge in [-0.15, -0.1) is 0 Å². The fourth-order valence-electron chi connectivity index (χ4n) is 2.41. The van der Waals surface area contributed by atoms with E-state index in [2.05, 4.69) is 17.6 Å². The highest BCUT2D eigenvalue weighted by atomic mass is 16.6. The van der Waals surface area contributed by atoms with Crippen LogP contribution in [0.2, 0.25) is 0 Å². The molecule has 1 aliphatic carbocycles. The third-order valence-electron chi connectivity index (χ3n) is 4.12. The Morgan fingerprint density at radius 1 is 1.40 bits per heavy atom. The van der Waals surface area contributed by atoms with Crippen molar-refractivity contribution < 1.29 is 9.72 Å². The number of nitro groups is 1. The van der Waals surface area contributed by atoms with E-state index < -0.39 is 0 Å². The number of rotatable bonds is 4. The minimum Gasteiger partial charge on any atom is -0.379 e. The zero-order valence-corrected chi connectivity index (χ0v) is 11.4. The Bertz CT molecular complexity index is 594. The fraction of sp³-hybridized carbons (Fsp3) is 0.500. The normalized spacial score (nSPS) is 18.9. The molecular formula is C14H17N3O3. The highest BCUT2D eigenvalue weighted by molar-refractivity contribution is 5.95. The van der Waals surface area contributed by atoms with Crippen molar-refractivity contribution in [3.8, 4) is 0 Å². The highest BCUT2D eigenvalue weighted by Gasteiger charge is 2.37. The molecule has 2 aliphatic rings. The molecule has 0 atom stereocenters. The molecule has 1 saturated carbocycles. The molecule has 0 bridgehead atoms. The molecule has 1 heterocycles. The summed E-state index contributed by atoms with van der Waals surface area (Å²) in [5.74, 6) is -0.0357. The van der Waals surface area contributed by atoms with Gasteiger partial charge in [0.2, 0.25) is 5.91 Å². The molecule has 2 N–H and O–H groups in total. The van der Waals surface area contributed by atoms with Crippen LogP contribution in [0.3, 0.4) is 0 Å². The van der Waals surface area contributed by atoms with Gasteiger partial charge < -0.3 is 10.6 Å². The van der Waals surface area contributed by atoms with Gasteiger partial charge in [-0.1, -0.05) is 6.92 Å². The molecular weight excluding hydrogens is 258 g/mol. The Morgan fingerprint density at radius 3 is 2.80 bits per heavy atom. The van der Waals surface area contributed by atoms with Crippen molar-refractivity contribution in [3.05, 3.63) is 27.8 Å². The minimum absolute atomic E-state index is 0.0357. The first-order valence-corrected chi connectivity index (χ1v) is 6.82. The predicted octanol–water partition coefficient (Wildman–Crippen LogP) is 2.69. The number of nitrogens with zero attached hydrogens (tertiary/aromatic N) is 1. The van der Waals surface area contributed by atoms with E-state index in [1.807, 2.05) is 0 Å².